The number of ether oxygens (including phenoxy) is 1. The predicted molar refractivity (Wildman–Crippen MR) is 136 cm³/mol. The minimum absolute atomic E-state index is 0.188. The summed E-state index contributed by atoms with van der Waals surface area (Å²) in [7, 11) is 0. The van der Waals surface area contributed by atoms with Gasteiger partial charge in [-0.1, -0.05) is 54.9 Å². The second-order valence-electron chi connectivity index (χ2n) is 8.99. The minimum atomic E-state index is -0.862. The van der Waals surface area contributed by atoms with E-state index in [-0.39, 0.29) is 12.0 Å². The fraction of sp³-hybridized carbons (Fsp3) is 0.370. The van der Waals surface area contributed by atoms with Crippen molar-refractivity contribution in [1.82, 2.24) is 10.3 Å². The van der Waals surface area contributed by atoms with E-state index >= 15 is 0 Å². The van der Waals surface area contributed by atoms with Crippen molar-refractivity contribution in [2.45, 2.75) is 64.2 Å². The molecule has 4 rings (SSSR count). The van der Waals surface area contributed by atoms with E-state index in [0.29, 0.717) is 17.8 Å². The van der Waals surface area contributed by atoms with Crippen molar-refractivity contribution in [2.75, 3.05) is 5.32 Å². The number of rotatable bonds is 9. The molecule has 1 atom stereocenters. The predicted octanol–water partition coefficient (Wildman–Crippen LogP) is 5.62. The van der Waals surface area contributed by atoms with Crippen molar-refractivity contribution in [3.05, 3.63) is 71.4 Å². The molecule has 1 aliphatic carbocycles. The third-order valence-electron chi connectivity index (χ3n) is 6.10. The lowest BCUT2D eigenvalue weighted by Gasteiger charge is -2.22. The van der Waals surface area contributed by atoms with Crippen LogP contribution in [0.4, 0.5) is 13.9 Å². The molecule has 0 spiro atoms. The highest BCUT2D eigenvalue weighted by Gasteiger charge is 2.19. The fourth-order valence-electron chi connectivity index (χ4n) is 4.25. The van der Waals surface area contributed by atoms with E-state index in [9.17, 15) is 18.4 Å². The van der Waals surface area contributed by atoms with Gasteiger partial charge in [0, 0.05) is 12.3 Å². The number of carbonyl (C=O) groups excluding carboxylic acids is 2. The number of thiazole rings is 1. The van der Waals surface area contributed by atoms with Crippen LogP contribution >= 0.6 is 11.3 Å². The number of benzene rings is 2. The van der Waals surface area contributed by atoms with Crippen LogP contribution in [-0.2, 0) is 27.4 Å². The summed E-state index contributed by atoms with van der Waals surface area (Å²) in [6, 6.07) is 10.0. The molecule has 9 heteroatoms. The Bertz CT molecular complexity index is 1190. The van der Waals surface area contributed by atoms with Crippen molar-refractivity contribution in [3.63, 3.8) is 0 Å². The van der Waals surface area contributed by atoms with E-state index in [1.54, 1.807) is 6.20 Å². The van der Waals surface area contributed by atoms with Crippen LogP contribution in [0.3, 0.4) is 0 Å². The molecular formula is C27H29F2N3O3S. The molecule has 36 heavy (non-hydrogen) atoms. The number of hydrogen-bond acceptors (Lipinski definition) is 5. The lowest BCUT2D eigenvalue weighted by molar-refractivity contribution is -0.125. The molecule has 0 aliphatic heterocycles. The van der Waals surface area contributed by atoms with E-state index in [1.165, 1.54) is 37.5 Å². The van der Waals surface area contributed by atoms with Crippen molar-refractivity contribution in [1.29, 1.82) is 0 Å². The summed E-state index contributed by atoms with van der Waals surface area (Å²) in [5, 5.41) is 5.68. The van der Waals surface area contributed by atoms with E-state index in [2.05, 4.69) is 15.6 Å². The highest BCUT2D eigenvalue weighted by Crippen LogP contribution is 2.32. The van der Waals surface area contributed by atoms with Gasteiger partial charge >= 0.3 is 0 Å². The molecular weight excluding hydrogens is 484 g/mol. The van der Waals surface area contributed by atoms with Crippen molar-refractivity contribution >= 4 is 28.3 Å². The quantitative estimate of drug-likeness (QED) is 0.389. The number of halogens is 2. The Morgan fingerprint density at radius 1 is 1.11 bits per heavy atom. The molecule has 3 aromatic rings. The summed E-state index contributed by atoms with van der Waals surface area (Å²) in [4.78, 5) is 30.1. The molecule has 0 radical (unpaired) electrons. The van der Waals surface area contributed by atoms with Crippen LogP contribution < -0.4 is 10.6 Å². The smallest absolute Gasteiger partial charge is 0.248 e. The average Bonchev–Trinajstić information content (AvgIpc) is 3.31. The Balaban J connectivity index is 1.33. The molecule has 2 aromatic carbocycles. The number of hydrogen-bond donors (Lipinski definition) is 2. The zero-order chi connectivity index (χ0) is 25.5. The van der Waals surface area contributed by atoms with Gasteiger partial charge in [-0.15, -0.1) is 0 Å². The van der Waals surface area contributed by atoms with Gasteiger partial charge in [0.25, 0.3) is 0 Å². The number of anilines is 1. The number of nitrogens with one attached hydrogen (secondary N) is 2. The zero-order valence-electron chi connectivity index (χ0n) is 20.1. The summed E-state index contributed by atoms with van der Waals surface area (Å²) >= 11 is 1.34. The lowest BCUT2D eigenvalue weighted by atomic mass is 9.97. The van der Waals surface area contributed by atoms with E-state index in [4.69, 9.17) is 4.74 Å². The summed E-state index contributed by atoms with van der Waals surface area (Å²) in [5.41, 5.74) is 2.27. The Hall–Kier alpha value is -3.17. The molecule has 1 fully saturated rings. The highest BCUT2D eigenvalue weighted by molar-refractivity contribution is 7.19. The van der Waals surface area contributed by atoms with Crippen molar-refractivity contribution in [3.8, 4) is 10.4 Å². The largest absolute Gasteiger partial charge is 0.374 e. The van der Waals surface area contributed by atoms with Crippen LogP contribution in [0.25, 0.3) is 10.4 Å². The SMILES string of the molecule is C[C@H](NC(=O)Cc1cc(F)cc(F)c1)C(=O)Nc1ncc(-c2ccccc2COC2CCCCC2)s1. The average molecular weight is 514 g/mol. The van der Waals surface area contributed by atoms with E-state index in [1.807, 2.05) is 24.3 Å². The lowest BCUT2D eigenvalue weighted by Crippen LogP contribution is -2.42. The molecule has 190 valence electrons. The Labute approximate surface area is 213 Å². The molecule has 1 aromatic heterocycles. The summed E-state index contributed by atoms with van der Waals surface area (Å²) < 4.78 is 32.8. The normalized spacial score (nSPS) is 14.9. The molecule has 1 heterocycles. The highest BCUT2D eigenvalue weighted by atomic mass is 32.1. The first-order chi connectivity index (χ1) is 17.4. The first-order valence-electron chi connectivity index (χ1n) is 12.1. The maximum atomic E-state index is 13.3. The van der Waals surface area contributed by atoms with Crippen LogP contribution in [0.1, 0.15) is 50.2 Å². The third kappa shape index (κ3) is 7.18. The van der Waals surface area contributed by atoms with Crippen LogP contribution in [0.5, 0.6) is 0 Å². The Kier molecular flexibility index (Phi) is 8.77. The summed E-state index contributed by atoms with van der Waals surface area (Å²) in [6.07, 6.45) is 7.69. The zero-order valence-corrected chi connectivity index (χ0v) is 20.9. The third-order valence-corrected chi connectivity index (χ3v) is 7.05. The summed E-state index contributed by atoms with van der Waals surface area (Å²) in [6.45, 7) is 2.06. The summed E-state index contributed by atoms with van der Waals surface area (Å²) in [5.74, 6) is -2.48. The van der Waals surface area contributed by atoms with E-state index < -0.39 is 29.5 Å². The van der Waals surface area contributed by atoms with Crippen LogP contribution in [0.15, 0.2) is 48.7 Å². The number of carbonyl (C=O) groups is 2. The van der Waals surface area contributed by atoms with E-state index in [0.717, 1.165) is 47.0 Å². The van der Waals surface area contributed by atoms with Crippen molar-refractivity contribution in [2.24, 2.45) is 0 Å². The molecule has 2 amide bonds. The first kappa shape index (κ1) is 25.9. The maximum absolute atomic E-state index is 13.3. The molecule has 1 aliphatic rings. The molecule has 0 unspecified atom stereocenters. The van der Waals surface area contributed by atoms with Crippen LogP contribution in [0, 0.1) is 11.6 Å². The van der Waals surface area contributed by atoms with Gasteiger partial charge in [0.05, 0.1) is 24.0 Å². The van der Waals surface area contributed by atoms with Crippen LogP contribution in [0.2, 0.25) is 0 Å². The topological polar surface area (TPSA) is 80.3 Å². The Morgan fingerprint density at radius 3 is 2.58 bits per heavy atom. The van der Waals surface area contributed by atoms with Gasteiger partial charge in [-0.05, 0) is 48.6 Å². The number of amides is 2. The van der Waals surface area contributed by atoms with Gasteiger partial charge < -0.3 is 15.4 Å². The molecule has 6 nitrogen and oxygen atoms in total. The van der Waals surface area contributed by atoms with Crippen LogP contribution in [-0.4, -0.2) is 28.9 Å². The number of nitrogens with zero attached hydrogens (tertiary/aromatic N) is 1. The molecule has 0 saturated heterocycles. The van der Waals surface area contributed by atoms with Gasteiger partial charge in [0.2, 0.25) is 11.8 Å². The standard InChI is InChI=1S/C27H29F2N3O3S/c1-17(31-25(33)13-18-11-20(28)14-21(29)12-18)26(34)32-27-30-15-24(36-27)23-10-6-5-7-19(23)16-35-22-8-3-2-4-9-22/h5-7,10-12,14-15,17,22H,2-4,8-9,13,16H2,1H3,(H,31,33)(H,30,32,34)/t17-/m0/s1. The van der Waals surface area contributed by atoms with Gasteiger partial charge in [0.1, 0.15) is 17.7 Å². The molecule has 2 N–H and O–H groups in total. The second kappa shape index (κ2) is 12.2. The van der Waals surface area contributed by atoms with Gasteiger partial charge in [-0.25, -0.2) is 13.8 Å². The first-order valence-corrected chi connectivity index (χ1v) is 12.9. The minimum Gasteiger partial charge on any atom is -0.374 e. The maximum Gasteiger partial charge on any atom is 0.248 e. The molecule has 0 bridgehead atoms. The van der Waals surface area contributed by atoms with Gasteiger partial charge in [-0.3, -0.25) is 9.59 Å². The van der Waals surface area contributed by atoms with Crippen molar-refractivity contribution < 1.29 is 23.1 Å². The van der Waals surface area contributed by atoms with Gasteiger partial charge in [-0.2, -0.15) is 0 Å². The Morgan fingerprint density at radius 2 is 1.83 bits per heavy atom. The fourth-order valence-corrected chi connectivity index (χ4v) is 5.13. The second-order valence-corrected chi connectivity index (χ2v) is 10.0. The number of aromatic nitrogens is 1. The van der Waals surface area contributed by atoms with Gasteiger partial charge in [0.15, 0.2) is 5.13 Å². The monoisotopic (exact) mass is 513 g/mol. The molecule has 1 saturated carbocycles.